The Morgan fingerprint density at radius 1 is 0.615 bits per heavy atom. The molecule has 0 fully saturated rings. The molecule has 9 rings (SSSR count). The monoisotopic (exact) mass is 1040 g/mol. The summed E-state index contributed by atoms with van der Waals surface area (Å²) in [5, 5.41) is 12.4. The number of phenolic OH excluding ortho intramolecular Hbond substituents is 1. The number of hydrogen-bond acceptors (Lipinski definition) is 3. The fourth-order valence-electron chi connectivity index (χ4n) is 8.55. The van der Waals surface area contributed by atoms with E-state index in [1.807, 2.05) is 109 Å². The molecular formula is C60H56N3OPt-. The number of aryl methyl sites for hydroxylation is 2. The summed E-state index contributed by atoms with van der Waals surface area (Å²) < 4.78 is 52.2. The van der Waals surface area contributed by atoms with Crippen LogP contribution in [0.5, 0.6) is 5.75 Å². The van der Waals surface area contributed by atoms with Crippen molar-refractivity contribution in [2.75, 3.05) is 0 Å². The summed E-state index contributed by atoms with van der Waals surface area (Å²) in [4.78, 5) is 10.4. The number of phenols is 1. The van der Waals surface area contributed by atoms with E-state index in [0.29, 0.717) is 39.4 Å². The van der Waals surface area contributed by atoms with Gasteiger partial charge in [0.2, 0.25) is 0 Å². The van der Waals surface area contributed by atoms with Gasteiger partial charge in [0.15, 0.2) is 0 Å². The molecule has 1 N–H and O–H groups in total. The molecule has 7 aromatic carbocycles. The van der Waals surface area contributed by atoms with Gasteiger partial charge in [-0.2, -0.15) is 0 Å². The topological polar surface area (TPSA) is 50.9 Å². The van der Waals surface area contributed by atoms with Crippen LogP contribution in [0.4, 0.5) is 0 Å². The third-order valence-electron chi connectivity index (χ3n) is 12.2. The van der Waals surface area contributed by atoms with Gasteiger partial charge in [-0.25, -0.2) is 4.98 Å². The quantitative estimate of drug-likeness (QED) is 0.147. The summed E-state index contributed by atoms with van der Waals surface area (Å²) in [6.07, 6.45) is 1.77. The van der Waals surface area contributed by atoms with Crippen molar-refractivity contribution in [1.29, 1.82) is 0 Å². The number of benzene rings is 7. The summed E-state index contributed by atoms with van der Waals surface area (Å²) in [6, 6.07) is 52.4. The van der Waals surface area contributed by atoms with E-state index in [1.165, 1.54) is 0 Å². The zero-order valence-corrected chi connectivity index (χ0v) is 40.0. The SMILES string of the molecule is [2H]C([2H])([2H])c1ccc(-c2ccnc(-c3[c-]c(-c4cccc5c4nc(-c4cc(C(C)C)cc(C(C)C)c4O)n5-c4cc(-c5ccccc5)c(C([2H])([2H])[2H])cc4-c4ccccc4)cc(C(C)(C)C)c3)c2)cc1.[Pt]. The van der Waals surface area contributed by atoms with Crippen molar-refractivity contribution in [3.05, 3.63) is 192 Å². The van der Waals surface area contributed by atoms with Crippen molar-refractivity contribution in [2.45, 2.75) is 79.4 Å². The largest absolute Gasteiger partial charge is 0.507 e. The maximum atomic E-state index is 12.4. The molecule has 0 bridgehead atoms. The predicted molar refractivity (Wildman–Crippen MR) is 268 cm³/mol. The van der Waals surface area contributed by atoms with Crippen LogP contribution >= 0.6 is 0 Å². The molecule has 2 aromatic heterocycles. The summed E-state index contributed by atoms with van der Waals surface area (Å²) in [5.41, 5.74) is 13.6. The van der Waals surface area contributed by atoms with Crippen LogP contribution in [-0.4, -0.2) is 19.6 Å². The van der Waals surface area contributed by atoms with Gasteiger partial charge in [0.05, 0.1) is 22.3 Å². The standard InChI is InChI=1S/C60H56N3O.Pt/c1-37(2)45-33-50(38(3)4)58(64)53(34-45)59-62-57-49(46-30-47(32-48(31-46)60(7,8)9)54-35-44(27-28-61-54)41-25-23-39(5)24-26-41)21-16-22-55(57)63(59)56-36-51(42-17-12-10-13-18-42)40(6)29-52(56)43-19-14-11-15-20-43;/h10-29,31-38,64H,1-9H3;/q-1;/i5D3,6D3;. The molecule has 0 aliphatic carbocycles. The van der Waals surface area contributed by atoms with Gasteiger partial charge in [-0.05, 0) is 106 Å². The Bertz CT molecular complexity index is 3390. The first-order valence-corrected chi connectivity index (χ1v) is 22.0. The zero-order chi connectivity index (χ0) is 49.9. The number of para-hydroxylation sites is 1. The molecule has 0 saturated heterocycles. The molecule has 9 aromatic rings. The number of hydrogen-bond donors (Lipinski definition) is 1. The van der Waals surface area contributed by atoms with Crippen LogP contribution < -0.4 is 0 Å². The van der Waals surface area contributed by atoms with Crippen LogP contribution in [-0.2, 0) is 26.5 Å². The van der Waals surface area contributed by atoms with Gasteiger partial charge in [0, 0.05) is 46.7 Å². The van der Waals surface area contributed by atoms with Crippen molar-refractivity contribution in [1.82, 2.24) is 14.5 Å². The van der Waals surface area contributed by atoms with Crippen molar-refractivity contribution in [2.24, 2.45) is 0 Å². The van der Waals surface area contributed by atoms with E-state index in [2.05, 4.69) is 83.4 Å². The number of pyridine rings is 1. The second-order valence-electron chi connectivity index (χ2n) is 18.4. The Kier molecular flexibility index (Phi) is 10.7. The van der Waals surface area contributed by atoms with Crippen LogP contribution in [0.3, 0.4) is 0 Å². The third-order valence-corrected chi connectivity index (χ3v) is 12.2. The molecule has 0 aliphatic rings. The van der Waals surface area contributed by atoms with E-state index >= 15 is 0 Å². The van der Waals surface area contributed by atoms with E-state index in [0.717, 1.165) is 61.2 Å². The summed E-state index contributed by atoms with van der Waals surface area (Å²) in [7, 11) is 0. The molecule has 65 heavy (non-hydrogen) atoms. The van der Waals surface area contributed by atoms with E-state index < -0.39 is 13.7 Å². The van der Waals surface area contributed by atoms with Gasteiger partial charge in [0.25, 0.3) is 0 Å². The molecule has 4 nitrogen and oxygen atoms in total. The van der Waals surface area contributed by atoms with Crippen LogP contribution in [0.15, 0.2) is 158 Å². The average Bonchev–Trinajstić information content (AvgIpc) is 3.72. The van der Waals surface area contributed by atoms with Gasteiger partial charge >= 0.3 is 0 Å². The second kappa shape index (κ2) is 18.3. The van der Waals surface area contributed by atoms with Gasteiger partial charge < -0.3 is 5.11 Å². The van der Waals surface area contributed by atoms with Crippen molar-refractivity contribution >= 4 is 11.0 Å². The van der Waals surface area contributed by atoms with Crippen molar-refractivity contribution < 1.29 is 34.4 Å². The average molecular weight is 1040 g/mol. The predicted octanol–water partition coefficient (Wildman–Crippen LogP) is 16.1. The van der Waals surface area contributed by atoms with Gasteiger partial charge in [-0.3, -0.25) is 9.55 Å². The fraction of sp³-hybridized carbons (Fsp3) is 0.200. The van der Waals surface area contributed by atoms with Crippen LogP contribution in [0.2, 0.25) is 0 Å². The number of aromatic nitrogens is 3. The van der Waals surface area contributed by atoms with E-state index in [1.54, 1.807) is 24.4 Å². The number of rotatable bonds is 9. The molecule has 0 saturated carbocycles. The van der Waals surface area contributed by atoms with E-state index in [4.69, 9.17) is 18.2 Å². The fourth-order valence-corrected chi connectivity index (χ4v) is 8.55. The first kappa shape index (κ1) is 38.0. The number of fused-ring (bicyclic) bond motifs is 1. The van der Waals surface area contributed by atoms with Gasteiger partial charge in [-0.1, -0.05) is 174 Å². The minimum atomic E-state index is -2.44. The molecule has 0 amide bonds. The Hall–Kier alpha value is -6.35. The number of nitrogens with zero attached hydrogens (tertiary/aromatic N) is 3. The summed E-state index contributed by atoms with van der Waals surface area (Å²) >= 11 is 0. The molecule has 5 heteroatoms. The Labute approximate surface area is 407 Å². The zero-order valence-electron chi connectivity index (χ0n) is 43.8. The molecular weight excluding hydrogens is 974 g/mol. The third kappa shape index (κ3) is 8.90. The normalized spacial score (nSPS) is 13.4. The maximum absolute atomic E-state index is 12.4. The number of aromatic hydroxyl groups is 1. The molecule has 2 heterocycles. The molecule has 328 valence electrons. The number of imidazole rings is 1. The minimum Gasteiger partial charge on any atom is -0.507 e. The maximum Gasteiger partial charge on any atom is 0.148 e. The first-order chi connectivity index (χ1) is 33.2. The Balaban J connectivity index is 0.00000676. The van der Waals surface area contributed by atoms with Gasteiger partial charge in [0.1, 0.15) is 11.6 Å². The van der Waals surface area contributed by atoms with Crippen molar-refractivity contribution in [3.8, 4) is 78.6 Å². The smallest absolute Gasteiger partial charge is 0.148 e. The molecule has 0 aliphatic heterocycles. The molecule has 0 spiro atoms. The van der Waals surface area contributed by atoms with Gasteiger partial charge in [-0.15, -0.1) is 29.3 Å². The van der Waals surface area contributed by atoms with Crippen LogP contribution in [0.25, 0.3) is 83.9 Å². The van der Waals surface area contributed by atoms with E-state index in [9.17, 15) is 5.11 Å². The van der Waals surface area contributed by atoms with Crippen LogP contribution in [0.1, 0.15) is 96.3 Å². The first-order valence-electron chi connectivity index (χ1n) is 25.0. The molecule has 0 unspecified atom stereocenters. The molecule has 0 atom stereocenters. The van der Waals surface area contributed by atoms with Crippen molar-refractivity contribution in [3.63, 3.8) is 0 Å². The summed E-state index contributed by atoms with van der Waals surface area (Å²) in [6.45, 7) is 10.3. The Morgan fingerprint density at radius 2 is 1.31 bits per heavy atom. The second-order valence-corrected chi connectivity index (χ2v) is 18.4. The van der Waals surface area contributed by atoms with Crippen LogP contribution in [0, 0.1) is 19.8 Å². The minimum absolute atomic E-state index is 0. The Morgan fingerprint density at radius 3 is 1.95 bits per heavy atom. The van der Waals surface area contributed by atoms with E-state index in [-0.39, 0.29) is 55.2 Å². The molecule has 0 radical (unpaired) electrons. The summed E-state index contributed by atoms with van der Waals surface area (Å²) in [5.74, 6) is 0.794.